The van der Waals surface area contributed by atoms with Gasteiger partial charge >= 0.3 is 0 Å². The number of thioether (sulfide) groups is 1. The van der Waals surface area contributed by atoms with Crippen LogP contribution < -0.4 is 5.32 Å². The van der Waals surface area contributed by atoms with Crippen LogP contribution in [0.3, 0.4) is 0 Å². The Morgan fingerprint density at radius 2 is 1.15 bits per heavy atom. The predicted molar refractivity (Wildman–Crippen MR) is 168 cm³/mol. The number of aryl methyl sites for hydroxylation is 2. The molecule has 0 radical (unpaired) electrons. The van der Waals surface area contributed by atoms with Gasteiger partial charge in [0.1, 0.15) is 0 Å². The van der Waals surface area contributed by atoms with Crippen molar-refractivity contribution in [2.75, 3.05) is 17.6 Å². The van der Waals surface area contributed by atoms with Crippen molar-refractivity contribution >= 4 is 39.3 Å². The van der Waals surface area contributed by atoms with E-state index in [0.717, 1.165) is 24.9 Å². The monoisotopic (exact) mass is 537 g/mol. The minimum Gasteiger partial charge on any atom is -0.384 e. The molecule has 2 aliphatic carbocycles. The van der Waals surface area contributed by atoms with E-state index >= 15 is 0 Å². The molecule has 2 aromatic carbocycles. The molecule has 2 aliphatic rings. The summed E-state index contributed by atoms with van der Waals surface area (Å²) < 4.78 is 0. The number of anilines is 1. The largest absolute Gasteiger partial charge is 0.384 e. The van der Waals surface area contributed by atoms with Crippen molar-refractivity contribution in [1.82, 2.24) is 9.97 Å². The van der Waals surface area contributed by atoms with Crippen molar-refractivity contribution < 1.29 is 0 Å². The van der Waals surface area contributed by atoms with Gasteiger partial charge in [0.2, 0.25) is 0 Å². The number of aromatic nitrogens is 2. The second-order valence-electron chi connectivity index (χ2n) is 11.5. The average molecular weight is 538 g/mol. The molecule has 0 saturated heterocycles. The minimum atomic E-state index is 1.07. The number of hydrogen-bond donors (Lipinski definition) is 1. The Hall–Kier alpha value is -2.59. The summed E-state index contributed by atoms with van der Waals surface area (Å²) in [5.41, 5.74) is 9.45. The van der Waals surface area contributed by atoms with Gasteiger partial charge in [-0.3, -0.25) is 9.97 Å². The van der Waals surface area contributed by atoms with Gasteiger partial charge in [0, 0.05) is 39.3 Å². The quantitative estimate of drug-likeness (QED) is 0.144. The van der Waals surface area contributed by atoms with Gasteiger partial charge in [0.05, 0.1) is 11.0 Å². The Balaban J connectivity index is 0.910. The molecular formula is C35H43N3S. The molecule has 0 unspecified atom stereocenters. The van der Waals surface area contributed by atoms with Crippen molar-refractivity contribution in [2.45, 2.75) is 101 Å². The number of fused-ring (bicyclic) bond motifs is 4. The molecule has 2 aromatic heterocycles. The molecule has 4 aromatic rings. The molecule has 0 fully saturated rings. The standard InChI is InChI=1S/C35H43N3S/c1(2-4-14-24-36-34-26-16-6-10-20-30(26)37-31-21-11-7-17-27(31)34)3-5-15-25-39-35-28-18-8-12-22-32(28)38-33-23-13-9-19-29(33)35/h6,8,10,12,16,18,20,22H,1-5,7,9,11,13-15,17,19,21,23-25H2,(H,36,37). The average Bonchev–Trinajstić information content (AvgIpc) is 2.98. The number of rotatable bonds is 12. The van der Waals surface area contributed by atoms with Crippen LogP contribution in [0.15, 0.2) is 53.4 Å². The van der Waals surface area contributed by atoms with E-state index in [1.165, 1.54) is 133 Å². The van der Waals surface area contributed by atoms with Crippen LogP contribution in [0.4, 0.5) is 5.69 Å². The van der Waals surface area contributed by atoms with E-state index < -0.39 is 0 Å². The molecule has 0 saturated carbocycles. The zero-order valence-corrected chi connectivity index (χ0v) is 24.3. The van der Waals surface area contributed by atoms with Gasteiger partial charge in [0.15, 0.2) is 0 Å². The maximum Gasteiger partial charge on any atom is 0.0726 e. The van der Waals surface area contributed by atoms with E-state index in [9.17, 15) is 0 Å². The third-order valence-corrected chi connectivity index (χ3v) is 9.90. The number of nitrogens with zero attached hydrogens (tertiary/aromatic N) is 2. The van der Waals surface area contributed by atoms with E-state index in [4.69, 9.17) is 9.97 Å². The second kappa shape index (κ2) is 13.2. The molecule has 39 heavy (non-hydrogen) atoms. The molecule has 4 heteroatoms. The van der Waals surface area contributed by atoms with E-state index in [1.807, 2.05) is 0 Å². The van der Waals surface area contributed by atoms with E-state index in [1.54, 1.807) is 5.56 Å². The Morgan fingerprint density at radius 1 is 0.590 bits per heavy atom. The highest BCUT2D eigenvalue weighted by Gasteiger charge is 2.19. The molecule has 0 atom stereocenters. The molecule has 2 heterocycles. The molecule has 0 bridgehead atoms. The van der Waals surface area contributed by atoms with Gasteiger partial charge in [-0.1, -0.05) is 68.5 Å². The number of para-hydroxylation sites is 2. The summed E-state index contributed by atoms with van der Waals surface area (Å²) in [6.07, 6.45) is 19.2. The third kappa shape index (κ3) is 6.27. The first kappa shape index (κ1) is 26.6. The maximum absolute atomic E-state index is 5.00. The Bertz CT molecular complexity index is 1310. The molecule has 3 nitrogen and oxygen atoms in total. The van der Waals surface area contributed by atoms with Crippen LogP contribution in [-0.4, -0.2) is 22.3 Å². The molecule has 0 aliphatic heterocycles. The highest BCUT2D eigenvalue weighted by Crippen LogP contribution is 2.37. The van der Waals surface area contributed by atoms with Crippen LogP contribution in [0.25, 0.3) is 21.8 Å². The van der Waals surface area contributed by atoms with Crippen molar-refractivity contribution in [3.05, 3.63) is 71.0 Å². The van der Waals surface area contributed by atoms with Crippen LogP contribution in [0.5, 0.6) is 0 Å². The SMILES string of the molecule is c1ccc2c(NCCCCCCCCCSc3c4c(nc5ccccc35)CCCC4)c3c(nc2c1)CCCC3. The first-order valence-corrected chi connectivity index (χ1v) is 16.5. The fraction of sp³-hybridized carbons (Fsp3) is 0.486. The summed E-state index contributed by atoms with van der Waals surface area (Å²) in [6, 6.07) is 17.4. The number of nitrogens with one attached hydrogen (secondary N) is 1. The van der Waals surface area contributed by atoms with E-state index in [0.29, 0.717) is 0 Å². The van der Waals surface area contributed by atoms with Crippen molar-refractivity contribution in [2.24, 2.45) is 0 Å². The maximum atomic E-state index is 5.00. The lowest BCUT2D eigenvalue weighted by atomic mass is 9.92. The lowest BCUT2D eigenvalue weighted by molar-refractivity contribution is 0.597. The predicted octanol–water partition coefficient (Wildman–Crippen LogP) is 9.48. The van der Waals surface area contributed by atoms with Crippen LogP contribution in [0.1, 0.15) is 93.1 Å². The number of hydrogen-bond acceptors (Lipinski definition) is 4. The summed E-state index contributed by atoms with van der Waals surface area (Å²) in [4.78, 5) is 11.5. The van der Waals surface area contributed by atoms with E-state index in [-0.39, 0.29) is 0 Å². The van der Waals surface area contributed by atoms with Gasteiger partial charge in [-0.2, -0.15) is 0 Å². The lowest BCUT2D eigenvalue weighted by Crippen LogP contribution is -2.12. The van der Waals surface area contributed by atoms with Crippen LogP contribution in [-0.2, 0) is 25.7 Å². The Kier molecular flexibility index (Phi) is 8.99. The van der Waals surface area contributed by atoms with Gasteiger partial charge < -0.3 is 5.32 Å². The fourth-order valence-electron chi connectivity index (χ4n) is 6.57. The number of pyridine rings is 2. The molecule has 204 valence electrons. The minimum absolute atomic E-state index is 1.07. The van der Waals surface area contributed by atoms with Crippen molar-refractivity contribution in [3.63, 3.8) is 0 Å². The van der Waals surface area contributed by atoms with Gasteiger partial charge in [-0.25, -0.2) is 0 Å². The first-order chi connectivity index (χ1) is 19.4. The molecular weight excluding hydrogens is 494 g/mol. The third-order valence-electron chi connectivity index (χ3n) is 8.66. The summed E-state index contributed by atoms with van der Waals surface area (Å²) >= 11 is 2.09. The van der Waals surface area contributed by atoms with Gasteiger partial charge in [-0.15, -0.1) is 11.8 Å². The highest BCUT2D eigenvalue weighted by molar-refractivity contribution is 7.99. The lowest BCUT2D eigenvalue weighted by Gasteiger charge is -2.21. The molecule has 6 rings (SSSR count). The summed E-state index contributed by atoms with van der Waals surface area (Å²) in [6.45, 7) is 1.07. The van der Waals surface area contributed by atoms with Gasteiger partial charge in [0.25, 0.3) is 0 Å². The number of benzene rings is 2. The zero-order valence-electron chi connectivity index (χ0n) is 23.4. The topological polar surface area (TPSA) is 37.8 Å². The highest BCUT2D eigenvalue weighted by atomic mass is 32.2. The molecule has 1 N–H and O–H groups in total. The summed E-state index contributed by atoms with van der Waals surface area (Å²) in [5.74, 6) is 1.23. The Labute approximate surface area is 238 Å². The first-order valence-electron chi connectivity index (χ1n) is 15.6. The summed E-state index contributed by atoms with van der Waals surface area (Å²) in [5, 5.41) is 6.51. The second-order valence-corrected chi connectivity index (χ2v) is 12.6. The molecule has 0 amide bonds. The molecule has 0 spiro atoms. The van der Waals surface area contributed by atoms with E-state index in [2.05, 4.69) is 65.6 Å². The van der Waals surface area contributed by atoms with Crippen molar-refractivity contribution in [3.8, 4) is 0 Å². The van der Waals surface area contributed by atoms with Gasteiger partial charge in [-0.05, 0) is 93.2 Å². The zero-order chi connectivity index (χ0) is 26.3. The normalized spacial score (nSPS) is 14.9. The fourth-order valence-corrected chi connectivity index (χ4v) is 7.84. The number of unbranched alkanes of at least 4 members (excludes halogenated alkanes) is 6. The Morgan fingerprint density at radius 3 is 1.92 bits per heavy atom. The van der Waals surface area contributed by atoms with Crippen LogP contribution in [0.2, 0.25) is 0 Å². The smallest absolute Gasteiger partial charge is 0.0726 e. The van der Waals surface area contributed by atoms with Crippen molar-refractivity contribution in [1.29, 1.82) is 0 Å². The van der Waals surface area contributed by atoms with Crippen LogP contribution in [0, 0.1) is 0 Å². The summed E-state index contributed by atoms with van der Waals surface area (Å²) in [7, 11) is 0. The van der Waals surface area contributed by atoms with Crippen LogP contribution >= 0.6 is 11.8 Å².